The van der Waals surface area contributed by atoms with Crippen molar-refractivity contribution in [2.24, 2.45) is 0 Å². The van der Waals surface area contributed by atoms with E-state index in [1.165, 1.54) is 12.8 Å². The lowest BCUT2D eigenvalue weighted by Crippen LogP contribution is -2.35. The van der Waals surface area contributed by atoms with E-state index < -0.39 is 0 Å². The van der Waals surface area contributed by atoms with Crippen LogP contribution in [0.5, 0.6) is 0 Å². The lowest BCUT2D eigenvalue weighted by molar-refractivity contribution is 0.239. The van der Waals surface area contributed by atoms with Gasteiger partial charge in [-0.2, -0.15) is 0 Å². The molecule has 2 aliphatic heterocycles. The molecule has 0 aromatic carbocycles. The molecule has 8 nitrogen and oxygen atoms in total. The summed E-state index contributed by atoms with van der Waals surface area (Å²) in [4.78, 5) is 38.1. The predicted molar refractivity (Wildman–Crippen MR) is 109 cm³/mol. The molecule has 1 fully saturated rings. The maximum atomic E-state index is 12.7. The molecule has 8 heteroatoms. The Labute approximate surface area is 168 Å². The zero-order valence-corrected chi connectivity index (χ0v) is 16.2. The molecule has 0 bridgehead atoms. The molecule has 29 heavy (non-hydrogen) atoms. The molecule has 3 aromatic rings. The highest BCUT2D eigenvalue weighted by Gasteiger charge is 2.22. The van der Waals surface area contributed by atoms with Crippen LogP contribution in [0.25, 0.3) is 11.4 Å². The number of rotatable bonds is 4. The molecule has 1 N–H and O–H groups in total. The summed E-state index contributed by atoms with van der Waals surface area (Å²) in [6.45, 7) is 4.18. The predicted octanol–water partition coefficient (Wildman–Crippen LogP) is 1.78. The van der Waals surface area contributed by atoms with Crippen LogP contribution in [-0.4, -0.2) is 49.5 Å². The number of hydrogen-bond acceptors (Lipinski definition) is 7. The molecular weight excluding hydrogens is 366 g/mol. The highest BCUT2D eigenvalue weighted by atomic mass is 16.1. The highest BCUT2D eigenvalue weighted by Crippen LogP contribution is 2.20. The van der Waals surface area contributed by atoms with Gasteiger partial charge in [-0.1, -0.05) is 0 Å². The van der Waals surface area contributed by atoms with E-state index in [1.54, 1.807) is 12.4 Å². The van der Waals surface area contributed by atoms with Crippen LogP contribution in [0, 0.1) is 0 Å². The first-order valence-corrected chi connectivity index (χ1v) is 10.1. The molecule has 0 atom stereocenters. The van der Waals surface area contributed by atoms with Crippen LogP contribution in [0.15, 0.2) is 41.6 Å². The summed E-state index contributed by atoms with van der Waals surface area (Å²) >= 11 is 0. The van der Waals surface area contributed by atoms with E-state index in [9.17, 15) is 4.79 Å². The van der Waals surface area contributed by atoms with Crippen molar-refractivity contribution < 1.29 is 0 Å². The van der Waals surface area contributed by atoms with Gasteiger partial charge in [0.05, 0.1) is 17.0 Å². The molecule has 0 spiro atoms. The Kier molecular flexibility index (Phi) is 4.77. The van der Waals surface area contributed by atoms with E-state index in [0.29, 0.717) is 18.9 Å². The first kappa shape index (κ1) is 17.9. The number of anilines is 1. The topological polar surface area (TPSA) is 90.9 Å². The van der Waals surface area contributed by atoms with Crippen molar-refractivity contribution in [2.45, 2.75) is 32.4 Å². The van der Waals surface area contributed by atoms with E-state index in [1.807, 2.05) is 24.4 Å². The highest BCUT2D eigenvalue weighted by molar-refractivity contribution is 5.53. The van der Waals surface area contributed by atoms with Crippen molar-refractivity contribution in [3.05, 3.63) is 64.1 Å². The van der Waals surface area contributed by atoms with Gasteiger partial charge in [-0.05, 0) is 31.0 Å². The second-order valence-corrected chi connectivity index (χ2v) is 7.58. The Morgan fingerprint density at radius 3 is 2.79 bits per heavy atom. The second-order valence-electron chi connectivity index (χ2n) is 7.58. The fraction of sp³-hybridized carbons (Fsp3) is 0.381. The summed E-state index contributed by atoms with van der Waals surface area (Å²) in [5, 5.41) is 0. The standard InChI is InChI=1S/C21H23N7O/c29-20-17-14-27(13-16-5-8-23-21(24-16)28-9-1-2-10-28)11-6-18(17)25-19(26-20)15-4-3-7-22-12-15/h3-5,7-8,12H,1-2,6,9-11,13-14H2,(H,25,26,29). The maximum Gasteiger partial charge on any atom is 0.255 e. The van der Waals surface area contributed by atoms with E-state index in [-0.39, 0.29) is 5.56 Å². The quantitative estimate of drug-likeness (QED) is 0.727. The van der Waals surface area contributed by atoms with Gasteiger partial charge in [0.2, 0.25) is 5.95 Å². The van der Waals surface area contributed by atoms with E-state index in [0.717, 1.165) is 54.5 Å². The van der Waals surface area contributed by atoms with Gasteiger partial charge in [0.1, 0.15) is 5.82 Å². The maximum absolute atomic E-state index is 12.7. The van der Waals surface area contributed by atoms with Crippen molar-refractivity contribution in [3.63, 3.8) is 0 Å². The molecule has 2 aliphatic rings. The number of nitrogens with zero attached hydrogens (tertiary/aromatic N) is 6. The minimum atomic E-state index is -0.0704. The largest absolute Gasteiger partial charge is 0.341 e. The Morgan fingerprint density at radius 2 is 1.97 bits per heavy atom. The fourth-order valence-electron chi connectivity index (χ4n) is 4.03. The number of H-pyrrole nitrogens is 1. The Morgan fingerprint density at radius 1 is 1.07 bits per heavy atom. The second kappa shape index (κ2) is 7.71. The third-order valence-corrected chi connectivity index (χ3v) is 5.56. The third-order valence-electron chi connectivity index (χ3n) is 5.56. The van der Waals surface area contributed by atoms with Crippen molar-refractivity contribution in [3.8, 4) is 11.4 Å². The summed E-state index contributed by atoms with van der Waals surface area (Å²) in [6, 6.07) is 5.71. The van der Waals surface area contributed by atoms with Gasteiger partial charge < -0.3 is 9.88 Å². The van der Waals surface area contributed by atoms with E-state index in [4.69, 9.17) is 9.97 Å². The molecule has 5 rings (SSSR count). The lowest BCUT2D eigenvalue weighted by atomic mass is 10.1. The molecule has 0 saturated carbocycles. The Hall–Kier alpha value is -3.13. The molecule has 3 aromatic heterocycles. The van der Waals surface area contributed by atoms with Crippen molar-refractivity contribution in [1.82, 2.24) is 29.8 Å². The number of aromatic amines is 1. The molecule has 1 saturated heterocycles. The minimum absolute atomic E-state index is 0.0704. The molecule has 148 valence electrons. The van der Waals surface area contributed by atoms with E-state index >= 15 is 0 Å². The van der Waals surface area contributed by atoms with Crippen LogP contribution < -0.4 is 10.5 Å². The SMILES string of the molecule is O=c1[nH]c(-c2cccnc2)nc2c1CN(Cc1ccnc(N3CCCC3)n1)CC2. The van der Waals surface area contributed by atoms with Crippen molar-refractivity contribution in [2.75, 3.05) is 24.5 Å². The van der Waals surface area contributed by atoms with E-state index in [2.05, 4.69) is 24.8 Å². The summed E-state index contributed by atoms with van der Waals surface area (Å²) < 4.78 is 0. The van der Waals surface area contributed by atoms with Gasteiger partial charge in [0.25, 0.3) is 5.56 Å². The monoisotopic (exact) mass is 389 g/mol. The van der Waals surface area contributed by atoms with Crippen LogP contribution in [0.1, 0.15) is 29.8 Å². The summed E-state index contributed by atoms with van der Waals surface area (Å²) in [6.07, 6.45) is 8.41. The van der Waals surface area contributed by atoms with Crippen molar-refractivity contribution >= 4 is 5.95 Å². The molecule has 0 radical (unpaired) electrons. The summed E-state index contributed by atoms with van der Waals surface area (Å²) in [5.41, 5.74) is 3.37. The van der Waals surface area contributed by atoms with Crippen LogP contribution in [-0.2, 0) is 19.5 Å². The first-order valence-electron chi connectivity index (χ1n) is 10.1. The number of pyridine rings is 1. The Bertz CT molecular complexity index is 1060. The van der Waals surface area contributed by atoms with Gasteiger partial charge in [0, 0.05) is 63.3 Å². The third kappa shape index (κ3) is 3.75. The average Bonchev–Trinajstić information content (AvgIpc) is 3.30. The van der Waals surface area contributed by atoms with Crippen molar-refractivity contribution in [1.29, 1.82) is 0 Å². The Balaban J connectivity index is 1.34. The summed E-state index contributed by atoms with van der Waals surface area (Å²) in [5.74, 6) is 1.40. The fourth-order valence-corrected chi connectivity index (χ4v) is 4.03. The van der Waals surface area contributed by atoms with Crippen LogP contribution >= 0.6 is 0 Å². The zero-order chi connectivity index (χ0) is 19.6. The first-order chi connectivity index (χ1) is 14.3. The number of fused-ring (bicyclic) bond motifs is 1. The molecule has 0 unspecified atom stereocenters. The molecule has 0 aliphatic carbocycles. The van der Waals surface area contributed by atoms with Gasteiger partial charge >= 0.3 is 0 Å². The van der Waals surface area contributed by atoms with Crippen LogP contribution in [0.3, 0.4) is 0 Å². The number of hydrogen-bond donors (Lipinski definition) is 1. The summed E-state index contributed by atoms with van der Waals surface area (Å²) in [7, 11) is 0. The van der Waals surface area contributed by atoms with Crippen LogP contribution in [0.2, 0.25) is 0 Å². The number of nitrogens with one attached hydrogen (secondary N) is 1. The smallest absolute Gasteiger partial charge is 0.255 e. The zero-order valence-electron chi connectivity index (χ0n) is 16.2. The molecule has 5 heterocycles. The lowest BCUT2D eigenvalue weighted by Gasteiger charge is -2.27. The normalized spacial score (nSPS) is 16.8. The number of aromatic nitrogens is 5. The molecular formula is C21H23N7O. The van der Waals surface area contributed by atoms with Gasteiger partial charge in [-0.3, -0.25) is 14.7 Å². The van der Waals surface area contributed by atoms with Crippen LogP contribution in [0.4, 0.5) is 5.95 Å². The van der Waals surface area contributed by atoms with Gasteiger partial charge in [-0.15, -0.1) is 0 Å². The average molecular weight is 389 g/mol. The van der Waals surface area contributed by atoms with Gasteiger partial charge in [0.15, 0.2) is 0 Å². The minimum Gasteiger partial charge on any atom is -0.341 e. The van der Waals surface area contributed by atoms with Gasteiger partial charge in [-0.25, -0.2) is 15.0 Å². The molecule has 0 amide bonds.